The molecule has 0 saturated carbocycles. The Labute approximate surface area is 107 Å². The third-order valence-corrected chi connectivity index (χ3v) is 3.55. The Bertz CT molecular complexity index is 545. The van der Waals surface area contributed by atoms with Crippen LogP contribution in [0.3, 0.4) is 0 Å². The SMILES string of the molecule is COc1ccsc1C(NN)c1ccc(F)c(F)c1. The summed E-state index contributed by atoms with van der Waals surface area (Å²) >= 11 is 1.43. The monoisotopic (exact) mass is 270 g/mol. The number of benzene rings is 1. The smallest absolute Gasteiger partial charge is 0.159 e. The number of hydrogen-bond donors (Lipinski definition) is 2. The van der Waals surface area contributed by atoms with Gasteiger partial charge < -0.3 is 4.74 Å². The zero-order chi connectivity index (χ0) is 13.1. The Morgan fingerprint density at radius 2 is 2.06 bits per heavy atom. The van der Waals surface area contributed by atoms with Crippen molar-refractivity contribution in [2.45, 2.75) is 6.04 Å². The minimum Gasteiger partial charge on any atom is -0.496 e. The summed E-state index contributed by atoms with van der Waals surface area (Å²) in [5.74, 6) is 4.37. The predicted molar refractivity (Wildman–Crippen MR) is 66.4 cm³/mol. The second-order valence-electron chi connectivity index (χ2n) is 3.63. The molecular weight excluding hydrogens is 258 g/mol. The standard InChI is InChI=1S/C12H12F2N2OS/c1-17-10-4-5-18-12(10)11(16-15)7-2-3-8(13)9(14)6-7/h2-6,11,16H,15H2,1H3. The summed E-state index contributed by atoms with van der Waals surface area (Å²) in [5.41, 5.74) is 3.12. The van der Waals surface area contributed by atoms with Crippen molar-refractivity contribution >= 4 is 11.3 Å². The Hall–Kier alpha value is -1.50. The molecule has 18 heavy (non-hydrogen) atoms. The maximum atomic E-state index is 13.2. The van der Waals surface area contributed by atoms with Crippen molar-refractivity contribution in [2.24, 2.45) is 5.84 Å². The molecule has 1 atom stereocenters. The zero-order valence-corrected chi connectivity index (χ0v) is 10.4. The zero-order valence-electron chi connectivity index (χ0n) is 9.61. The van der Waals surface area contributed by atoms with E-state index in [1.807, 2.05) is 5.38 Å². The summed E-state index contributed by atoms with van der Waals surface area (Å²) in [6.07, 6.45) is 0. The van der Waals surface area contributed by atoms with E-state index in [0.717, 1.165) is 17.0 Å². The third kappa shape index (κ3) is 2.35. The summed E-state index contributed by atoms with van der Waals surface area (Å²) in [6.45, 7) is 0. The van der Waals surface area contributed by atoms with Gasteiger partial charge in [0.15, 0.2) is 11.6 Å². The number of halogens is 2. The van der Waals surface area contributed by atoms with Gasteiger partial charge in [-0.2, -0.15) is 0 Å². The summed E-state index contributed by atoms with van der Waals surface area (Å²) in [7, 11) is 1.55. The topological polar surface area (TPSA) is 47.3 Å². The number of hydrazine groups is 1. The van der Waals surface area contributed by atoms with Crippen LogP contribution in [-0.4, -0.2) is 7.11 Å². The van der Waals surface area contributed by atoms with Gasteiger partial charge in [0, 0.05) is 0 Å². The first-order valence-corrected chi connectivity index (χ1v) is 6.07. The Kier molecular flexibility index (Phi) is 3.90. The van der Waals surface area contributed by atoms with Crippen LogP contribution >= 0.6 is 11.3 Å². The Morgan fingerprint density at radius 1 is 1.28 bits per heavy atom. The maximum absolute atomic E-state index is 13.2. The molecular formula is C12H12F2N2OS. The largest absolute Gasteiger partial charge is 0.496 e. The number of hydrogen-bond acceptors (Lipinski definition) is 4. The minimum absolute atomic E-state index is 0.435. The molecule has 2 rings (SSSR count). The normalized spacial score (nSPS) is 12.4. The van der Waals surface area contributed by atoms with Crippen LogP contribution in [0, 0.1) is 11.6 Å². The second-order valence-corrected chi connectivity index (χ2v) is 4.57. The highest BCUT2D eigenvalue weighted by molar-refractivity contribution is 7.10. The van der Waals surface area contributed by atoms with Crippen molar-refractivity contribution in [3.05, 3.63) is 51.7 Å². The second kappa shape index (κ2) is 5.43. The molecule has 0 aliphatic carbocycles. The molecule has 3 nitrogen and oxygen atoms in total. The summed E-state index contributed by atoms with van der Waals surface area (Å²) < 4.78 is 31.3. The molecule has 0 aliphatic heterocycles. The van der Waals surface area contributed by atoms with Gasteiger partial charge in [0.05, 0.1) is 18.0 Å². The number of rotatable bonds is 4. The molecule has 1 aromatic heterocycles. The van der Waals surface area contributed by atoms with Crippen molar-refractivity contribution in [2.75, 3.05) is 7.11 Å². The molecule has 0 amide bonds. The number of methoxy groups -OCH3 is 1. The Morgan fingerprint density at radius 3 is 2.67 bits per heavy atom. The van der Waals surface area contributed by atoms with Gasteiger partial charge in [0.1, 0.15) is 5.75 Å². The predicted octanol–water partition coefficient (Wildman–Crippen LogP) is 2.59. The van der Waals surface area contributed by atoms with Crippen molar-refractivity contribution in [3.8, 4) is 5.75 Å². The first-order chi connectivity index (χ1) is 8.67. The van der Waals surface area contributed by atoms with Gasteiger partial charge in [-0.25, -0.2) is 14.2 Å². The maximum Gasteiger partial charge on any atom is 0.159 e. The van der Waals surface area contributed by atoms with Crippen molar-refractivity contribution in [3.63, 3.8) is 0 Å². The Balaban J connectivity index is 2.42. The molecule has 1 aromatic carbocycles. The average molecular weight is 270 g/mol. The highest BCUT2D eigenvalue weighted by Crippen LogP contribution is 2.34. The van der Waals surface area contributed by atoms with E-state index in [1.54, 1.807) is 13.2 Å². The lowest BCUT2D eigenvalue weighted by Crippen LogP contribution is -2.28. The van der Waals surface area contributed by atoms with Crippen LogP contribution in [0.4, 0.5) is 8.78 Å². The lowest BCUT2D eigenvalue weighted by Gasteiger charge is -2.16. The van der Waals surface area contributed by atoms with Crippen LogP contribution in [-0.2, 0) is 0 Å². The van der Waals surface area contributed by atoms with Crippen molar-refractivity contribution < 1.29 is 13.5 Å². The van der Waals surface area contributed by atoms with E-state index in [2.05, 4.69) is 5.43 Å². The summed E-state index contributed by atoms with van der Waals surface area (Å²) in [5, 5.41) is 1.85. The first kappa shape index (κ1) is 12.9. The molecule has 0 aliphatic rings. The first-order valence-electron chi connectivity index (χ1n) is 5.19. The van der Waals surface area contributed by atoms with E-state index in [1.165, 1.54) is 17.4 Å². The fourth-order valence-corrected chi connectivity index (χ4v) is 2.65. The van der Waals surface area contributed by atoms with E-state index in [4.69, 9.17) is 10.6 Å². The van der Waals surface area contributed by atoms with Gasteiger partial charge in [-0.15, -0.1) is 11.3 Å². The highest BCUT2D eigenvalue weighted by atomic mass is 32.1. The number of nitrogens with one attached hydrogen (secondary N) is 1. The van der Waals surface area contributed by atoms with Crippen molar-refractivity contribution in [1.29, 1.82) is 0 Å². The lowest BCUT2D eigenvalue weighted by molar-refractivity contribution is 0.407. The molecule has 0 bridgehead atoms. The third-order valence-electron chi connectivity index (χ3n) is 2.58. The number of ether oxygens (including phenoxy) is 1. The van der Waals surface area contributed by atoms with Crippen molar-refractivity contribution in [1.82, 2.24) is 5.43 Å². The molecule has 3 N–H and O–H groups in total. The van der Waals surface area contributed by atoms with Crippen LogP contribution in [0.15, 0.2) is 29.6 Å². The van der Waals surface area contributed by atoms with Gasteiger partial charge >= 0.3 is 0 Å². The molecule has 0 saturated heterocycles. The van der Waals surface area contributed by atoms with Gasteiger partial charge in [-0.05, 0) is 29.1 Å². The fourth-order valence-electron chi connectivity index (χ4n) is 1.70. The minimum atomic E-state index is -0.900. The van der Waals surface area contributed by atoms with E-state index in [9.17, 15) is 8.78 Å². The van der Waals surface area contributed by atoms with Crippen LogP contribution < -0.4 is 16.0 Å². The van der Waals surface area contributed by atoms with Gasteiger partial charge in [0.25, 0.3) is 0 Å². The van der Waals surface area contributed by atoms with E-state index < -0.39 is 17.7 Å². The molecule has 0 radical (unpaired) electrons. The molecule has 2 aromatic rings. The van der Waals surface area contributed by atoms with Crippen LogP contribution in [0.5, 0.6) is 5.75 Å². The van der Waals surface area contributed by atoms with E-state index >= 15 is 0 Å². The molecule has 96 valence electrons. The van der Waals surface area contributed by atoms with Crippen LogP contribution in [0.2, 0.25) is 0 Å². The fraction of sp³-hybridized carbons (Fsp3) is 0.167. The van der Waals surface area contributed by atoms with Gasteiger partial charge in [-0.1, -0.05) is 6.07 Å². The molecule has 1 unspecified atom stereocenters. The summed E-state index contributed by atoms with van der Waals surface area (Å²) in [6, 6.07) is 5.05. The number of thiophene rings is 1. The quantitative estimate of drug-likeness (QED) is 0.663. The van der Waals surface area contributed by atoms with Crippen LogP contribution in [0.1, 0.15) is 16.5 Å². The highest BCUT2D eigenvalue weighted by Gasteiger charge is 2.19. The average Bonchev–Trinajstić information content (AvgIpc) is 2.83. The number of nitrogens with two attached hydrogens (primary N) is 1. The van der Waals surface area contributed by atoms with Gasteiger partial charge in [-0.3, -0.25) is 5.84 Å². The lowest BCUT2D eigenvalue weighted by atomic mass is 10.1. The molecule has 6 heteroatoms. The molecule has 0 spiro atoms. The molecule has 0 fully saturated rings. The summed E-state index contributed by atoms with van der Waals surface area (Å²) in [4.78, 5) is 0.811. The van der Waals surface area contributed by atoms with E-state index in [-0.39, 0.29) is 0 Å². The van der Waals surface area contributed by atoms with Gasteiger partial charge in [0.2, 0.25) is 0 Å². The molecule has 1 heterocycles. The van der Waals surface area contributed by atoms with Crippen LogP contribution in [0.25, 0.3) is 0 Å². The van der Waals surface area contributed by atoms with E-state index in [0.29, 0.717) is 11.3 Å².